The van der Waals surface area contributed by atoms with E-state index in [0.29, 0.717) is 16.2 Å². The molecule has 0 saturated carbocycles. The van der Waals surface area contributed by atoms with E-state index in [2.05, 4.69) is 20.3 Å². The van der Waals surface area contributed by atoms with Crippen molar-refractivity contribution in [3.63, 3.8) is 0 Å². The van der Waals surface area contributed by atoms with Crippen LogP contribution in [-0.2, 0) is 5.92 Å². The first-order chi connectivity index (χ1) is 9.93. The Morgan fingerprint density at radius 3 is 2.71 bits per heavy atom. The molecule has 0 aliphatic carbocycles. The Hall–Kier alpha value is -2.22. The van der Waals surface area contributed by atoms with Gasteiger partial charge < -0.3 is 5.32 Å². The smallest absolute Gasteiger partial charge is 0.279 e. The van der Waals surface area contributed by atoms with E-state index in [-0.39, 0.29) is 10.5 Å². The van der Waals surface area contributed by atoms with Crippen LogP contribution in [0.25, 0.3) is 11.2 Å². The lowest BCUT2D eigenvalue weighted by Crippen LogP contribution is -2.03. The molecule has 0 spiro atoms. The number of pyridine rings is 1. The number of fused-ring (bicyclic) bond motifs is 1. The lowest BCUT2D eigenvalue weighted by atomic mass is 10.3. The van der Waals surface area contributed by atoms with Gasteiger partial charge in [0.2, 0.25) is 5.95 Å². The second-order valence-electron chi connectivity index (χ2n) is 4.40. The van der Waals surface area contributed by atoms with Crippen LogP contribution in [0.4, 0.5) is 23.9 Å². The van der Waals surface area contributed by atoms with Crippen LogP contribution in [0.2, 0.25) is 0 Å². The Bertz CT molecular complexity index is 797. The van der Waals surface area contributed by atoms with Crippen molar-refractivity contribution in [1.82, 2.24) is 15.0 Å². The summed E-state index contributed by atoms with van der Waals surface area (Å²) in [5.41, 5.74) is 1.05. The Morgan fingerprint density at radius 1 is 1.19 bits per heavy atom. The highest BCUT2D eigenvalue weighted by Gasteiger charge is 2.26. The number of nitrogens with zero attached hydrogens (tertiary/aromatic N) is 3. The number of thiophene rings is 1. The Kier molecular flexibility index (Phi) is 3.25. The summed E-state index contributed by atoms with van der Waals surface area (Å²) in [7, 11) is 0. The minimum atomic E-state index is -2.88. The van der Waals surface area contributed by atoms with Crippen LogP contribution in [0.3, 0.4) is 0 Å². The third-order valence-electron chi connectivity index (χ3n) is 2.71. The first-order valence-corrected chi connectivity index (χ1v) is 6.77. The van der Waals surface area contributed by atoms with Crippen molar-refractivity contribution < 1.29 is 13.2 Å². The first-order valence-electron chi connectivity index (χ1n) is 5.96. The Morgan fingerprint density at radius 2 is 2.00 bits per heavy atom. The van der Waals surface area contributed by atoms with Crippen molar-refractivity contribution >= 4 is 33.2 Å². The molecule has 0 amide bonds. The molecule has 0 aliphatic heterocycles. The minimum absolute atomic E-state index is 0.0412. The van der Waals surface area contributed by atoms with Crippen molar-refractivity contribution in [2.45, 2.75) is 12.8 Å². The van der Waals surface area contributed by atoms with Gasteiger partial charge in [0.15, 0.2) is 5.65 Å². The number of rotatable bonds is 3. The molecule has 0 aliphatic rings. The van der Waals surface area contributed by atoms with Gasteiger partial charge in [-0.25, -0.2) is 18.7 Å². The zero-order valence-electron chi connectivity index (χ0n) is 10.8. The lowest BCUT2D eigenvalue weighted by molar-refractivity contribution is 0.0215. The number of hydrogen-bond donors (Lipinski definition) is 1. The highest BCUT2D eigenvalue weighted by Crippen LogP contribution is 2.36. The molecule has 0 saturated heterocycles. The molecule has 0 bridgehead atoms. The molecule has 21 heavy (non-hydrogen) atoms. The average Bonchev–Trinajstić information content (AvgIpc) is 2.87. The van der Waals surface area contributed by atoms with Crippen LogP contribution in [0.5, 0.6) is 0 Å². The molecule has 0 radical (unpaired) electrons. The van der Waals surface area contributed by atoms with Gasteiger partial charge in [-0.3, -0.25) is 0 Å². The maximum Gasteiger partial charge on any atom is 0.279 e. The van der Waals surface area contributed by atoms with E-state index in [1.165, 1.54) is 12.3 Å². The minimum Gasteiger partial charge on any atom is -0.345 e. The predicted molar refractivity (Wildman–Crippen MR) is 74.5 cm³/mol. The highest BCUT2D eigenvalue weighted by molar-refractivity contribution is 7.16. The van der Waals surface area contributed by atoms with Gasteiger partial charge in [0.05, 0.1) is 21.8 Å². The molecule has 0 unspecified atom stereocenters. The number of anilines is 2. The molecule has 0 fully saturated rings. The molecule has 0 aromatic carbocycles. The second kappa shape index (κ2) is 4.96. The summed E-state index contributed by atoms with van der Waals surface area (Å²) in [6.45, 7) is 0.846. The van der Waals surface area contributed by atoms with Crippen molar-refractivity contribution in [3.05, 3.63) is 41.4 Å². The van der Waals surface area contributed by atoms with Crippen LogP contribution in [0.15, 0.2) is 30.6 Å². The summed E-state index contributed by atoms with van der Waals surface area (Å²) in [5, 5.41) is 3.51. The molecule has 8 heteroatoms. The first kappa shape index (κ1) is 13.7. The molecule has 3 heterocycles. The topological polar surface area (TPSA) is 50.7 Å². The summed E-state index contributed by atoms with van der Waals surface area (Å²) in [5.74, 6) is -3.61. The second-order valence-corrected chi connectivity index (χ2v) is 5.48. The molecule has 3 aromatic rings. The average molecular weight is 310 g/mol. The predicted octanol–water partition coefficient (Wildman–Crippen LogP) is 4.08. The van der Waals surface area contributed by atoms with E-state index in [1.807, 2.05) is 0 Å². The largest absolute Gasteiger partial charge is 0.345 e. The van der Waals surface area contributed by atoms with Gasteiger partial charge in [-0.1, -0.05) is 0 Å². The van der Waals surface area contributed by atoms with Gasteiger partial charge in [-0.05, 0) is 18.2 Å². The molecule has 0 atom stereocenters. The van der Waals surface area contributed by atoms with Crippen molar-refractivity contribution in [2.24, 2.45) is 0 Å². The quantitative estimate of drug-likeness (QED) is 0.792. The van der Waals surface area contributed by atoms with E-state index < -0.39 is 11.9 Å². The van der Waals surface area contributed by atoms with Gasteiger partial charge in [0, 0.05) is 13.1 Å². The Labute approximate surface area is 121 Å². The maximum atomic E-state index is 13.2. The molecule has 1 N–H and O–H groups in total. The van der Waals surface area contributed by atoms with Gasteiger partial charge in [0.25, 0.3) is 5.92 Å². The molecule has 3 aromatic heterocycles. The molecule has 4 nitrogen and oxygen atoms in total. The van der Waals surface area contributed by atoms with Crippen molar-refractivity contribution in [1.29, 1.82) is 0 Å². The molecular formula is C13H9F3N4S. The fourth-order valence-electron chi connectivity index (χ4n) is 1.77. The fraction of sp³-hybridized carbons (Fsp3) is 0.154. The summed E-state index contributed by atoms with van der Waals surface area (Å²) in [4.78, 5) is 11.4. The fourth-order valence-corrected chi connectivity index (χ4v) is 2.62. The number of aromatic nitrogens is 3. The SMILES string of the molecule is CC(F)(F)c1ccc(Nc2ccnc3nc(F)cnc23)s1. The monoisotopic (exact) mass is 310 g/mol. The van der Waals surface area contributed by atoms with Crippen LogP contribution in [0.1, 0.15) is 11.8 Å². The maximum absolute atomic E-state index is 13.2. The number of halogens is 3. The van der Waals surface area contributed by atoms with E-state index in [9.17, 15) is 13.2 Å². The zero-order valence-corrected chi connectivity index (χ0v) is 11.6. The van der Waals surface area contributed by atoms with Gasteiger partial charge in [-0.2, -0.15) is 9.37 Å². The van der Waals surface area contributed by atoms with Crippen molar-refractivity contribution in [3.8, 4) is 0 Å². The summed E-state index contributed by atoms with van der Waals surface area (Å²) < 4.78 is 39.4. The van der Waals surface area contributed by atoms with Crippen LogP contribution in [0, 0.1) is 5.95 Å². The third-order valence-corrected chi connectivity index (χ3v) is 3.89. The molecule has 108 valence electrons. The summed E-state index contributed by atoms with van der Waals surface area (Å²) in [6, 6.07) is 4.54. The van der Waals surface area contributed by atoms with Gasteiger partial charge in [-0.15, -0.1) is 11.3 Å². The van der Waals surface area contributed by atoms with Crippen LogP contribution in [-0.4, -0.2) is 15.0 Å². The zero-order chi connectivity index (χ0) is 15.0. The van der Waals surface area contributed by atoms with Crippen molar-refractivity contribution in [2.75, 3.05) is 5.32 Å². The van der Waals surface area contributed by atoms with E-state index in [0.717, 1.165) is 24.5 Å². The summed E-state index contributed by atoms with van der Waals surface area (Å²) >= 11 is 0.943. The van der Waals surface area contributed by atoms with Crippen LogP contribution >= 0.6 is 11.3 Å². The molecular weight excluding hydrogens is 301 g/mol. The number of alkyl halides is 2. The lowest BCUT2D eigenvalue weighted by Gasteiger charge is -2.07. The summed E-state index contributed by atoms with van der Waals surface area (Å²) in [6.07, 6.45) is 2.43. The van der Waals surface area contributed by atoms with Gasteiger partial charge in [0.1, 0.15) is 5.52 Å². The number of hydrogen-bond acceptors (Lipinski definition) is 5. The third kappa shape index (κ3) is 2.80. The van der Waals surface area contributed by atoms with Crippen LogP contribution < -0.4 is 5.32 Å². The Balaban J connectivity index is 1.97. The standard InChI is InChI=1S/C13H9F3N4S/c1-13(15,16)8-2-3-10(21-8)19-7-4-5-17-12-11(7)18-6-9(14)20-12/h2-6H,1H3,(H,17,19,20). The highest BCUT2D eigenvalue weighted by atomic mass is 32.1. The van der Waals surface area contributed by atoms with Gasteiger partial charge >= 0.3 is 0 Å². The molecule has 3 rings (SSSR count). The van der Waals surface area contributed by atoms with E-state index in [4.69, 9.17) is 0 Å². The number of nitrogens with one attached hydrogen (secondary N) is 1. The van der Waals surface area contributed by atoms with E-state index in [1.54, 1.807) is 12.1 Å². The van der Waals surface area contributed by atoms with E-state index >= 15 is 0 Å². The normalized spacial score (nSPS) is 11.8.